The van der Waals surface area contributed by atoms with Crippen LogP contribution in [0.25, 0.3) is 0 Å². The van der Waals surface area contributed by atoms with Crippen LogP contribution in [0.5, 0.6) is 0 Å². The summed E-state index contributed by atoms with van der Waals surface area (Å²) in [5, 5.41) is 0. The molecule has 0 spiro atoms. The molecule has 0 aliphatic heterocycles. The van der Waals surface area contributed by atoms with E-state index in [9.17, 15) is 35.5 Å². The van der Waals surface area contributed by atoms with Crippen molar-refractivity contribution < 1.29 is 35.5 Å². The average Bonchev–Trinajstić information content (AvgIpc) is 2.61. The van der Waals surface area contributed by atoms with E-state index in [2.05, 4.69) is 0 Å². The second kappa shape index (κ2) is 3.69. The van der Waals surface area contributed by atoms with Crippen LogP contribution in [-0.2, 0) is 11.2 Å². The van der Waals surface area contributed by atoms with Crippen molar-refractivity contribution >= 4 is 5.78 Å². The maximum atomic E-state index is 13.3. The van der Waals surface area contributed by atoms with Gasteiger partial charge in [-0.25, -0.2) is 17.6 Å². The van der Waals surface area contributed by atoms with Crippen LogP contribution >= 0.6 is 0 Å². The first-order valence-electron chi connectivity index (χ1n) is 4.60. The van der Waals surface area contributed by atoms with Gasteiger partial charge in [-0.15, -0.1) is 0 Å². The fourth-order valence-electron chi connectivity index (χ4n) is 1.95. The van der Waals surface area contributed by atoms with Crippen molar-refractivity contribution in [2.75, 3.05) is 0 Å². The number of ketones is 1. The first kappa shape index (κ1) is 12.8. The van der Waals surface area contributed by atoms with Crippen molar-refractivity contribution in [3.8, 4) is 0 Å². The highest BCUT2D eigenvalue weighted by Crippen LogP contribution is 2.45. The third kappa shape index (κ3) is 1.58. The summed E-state index contributed by atoms with van der Waals surface area (Å²) in [5.74, 6) is -13.2. The van der Waals surface area contributed by atoms with Crippen LogP contribution in [0.1, 0.15) is 17.0 Å². The van der Waals surface area contributed by atoms with Gasteiger partial charge in [-0.1, -0.05) is 0 Å². The molecule has 0 radical (unpaired) electrons. The molecule has 0 bridgehead atoms. The molecule has 2 rings (SSSR count). The predicted molar refractivity (Wildman–Crippen MR) is 43.8 cm³/mol. The lowest BCUT2D eigenvalue weighted by molar-refractivity contribution is -0.161. The summed E-state index contributed by atoms with van der Waals surface area (Å²) in [6, 6.07) is 0. The number of fused-ring (bicyclic) bond motifs is 1. The molecule has 1 aromatic carbocycles. The topological polar surface area (TPSA) is 17.1 Å². The molecule has 8 heteroatoms. The molecular weight excluding hydrogens is 269 g/mol. The van der Waals surface area contributed by atoms with Crippen molar-refractivity contribution in [1.82, 2.24) is 0 Å². The molecule has 1 unspecified atom stereocenters. The Bertz CT molecular complexity index is 546. The number of hydrogen-bond donors (Lipinski definition) is 0. The van der Waals surface area contributed by atoms with Gasteiger partial charge < -0.3 is 0 Å². The van der Waals surface area contributed by atoms with E-state index in [1.807, 2.05) is 0 Å². The van der Waals surface area contributed by atoms with E-state index in [4.69, 9.17) is 0 Å². The van der Waals surface area contributed by atoms with Crippen molar-refractivity contribution in [1.29, 1.82) is 0 Å². The standard InChI is InChI=1S/C10H3F7O/c11-6-2-1-3(18)5(10(15,16)17)4(2)7(12)9(14)8(6)13/h5H,1H2. The summed E-state index contributed by atoms with van der Waals surface area (Å²) in [5.41, 5.74) is -2.53. The van der Waals surface area contributed by atoms with Crippen LogP contribution in [0.4, 0.5) is 30.7 Å². The highest BCUT2D eigenvalue weighted by molar-refractivity contribution is 5.93. The molecule has 18 heavy (non-hydrogen) atoms. The molecule has 0 amide bonds. The number of Topliss-reactive ketones (excluding diaryl/α,β-unsaturated/α-hetero) is 1. The number of hydrogen-bond acceptors (Lipinski definition) is 1. The molecule has 0 fully saturated rings. The van der Waals surface area contributed by atoms with Gasteiger partial charge in [0.2, 0.25) is 0 Å². The van der Waals surface area contributed by atoms with E-state index >= 15 is 0 Å². The van der Waals surface area contributed by atoms with Gasteiger partial charge in [-0.2, -0.15) is 13.2 Å². The summed E-state index contributed by atoms with van der Waals surface area (Å²) >= 11 is 0. The summed E-state index contributed by atoms with van der Waals surface area (Å²) in [7, 11) is 0. The Labute approximate surface area is 95.2 Å². The Balaban J connectivity index is 2.78. The van der Waals surface area contributed by atoms with Crippen LogP contribution in [0.15, 0.2) is 0 Å². The van der Waals surface area contributed by atoms with Crippen LogP contribution in [-0.4, -0.2) is 12.0 Å². The molecular formula is C10H3F7O. The Hall–Kier alpha value is -1.60. The summed E-state index contributed by atoms with van der Waals surface area (Å²) in [6.45, 7) is 0. The molecule has 0 saturated carbocycles. The maximum Gasteiger partial charge on any atom is 0.402 e. The first-order valence-corrected chi connectivity index (χ1v) is 4.60. The Kier molecular flexibility index (Phi) is 2.64. The maximum absolute atomic E-state index is 13.3. The highest BCUT2D eigenvalue weighted by Gasteiger charge is 2.53. The molecule has 0 N–H and O–H groups in total. The minimum atomic E-state index is -5.18. The van der Waals surface area contributed by atoms with Crippen LogP contribution in [0, 0.1) is 23.3 Å². The van der Waals surface area contributed by atoms with Crippen molar-refractivity contribution in [3.05, 3.63) is 34.4 Å². The van der Waals surface area contributed by atoms with Gasteiger partial charge in [0, 0.05) is 17.5 Å². The van der Waals surface area contributed by atoms with Gasteiger partial charge in [-0.3, -0.25) is 4.79 Å². The quantitative estimate of drug-likeness (QED) is 0.403. The highest BCUT2D eigenvalue weighted by atomic mass is 19.4. The largest absolute Gasteiger partial charge is 0.402 e. The zero-order valence-corrected chi connectivity index (χ0v) is 8.34. The number of halogens is 7. The molecule has 0 aromatic heterocycles. The Morgan fingerprint density at radius 2 is 1.39 bits per heavy atom. The summed E-state index contributed by atoms with van der Waals surface area (Å²) in [6.07, 6.45) is -6.29. The minimum Gasteiger partial charge on any atom is -0.298 e. The Morgan fingerprint density at radius 1 is 0.889 bits per heavy atom. The molecule has 1 aliphatic rings. The normalized spacial score (nSPS) is 19.3. The van der Waals surface area contributed by atoms with Crippen molar-refractivity contribution in [2.24, 2.45) is 0 Å². The van der Waals surface area contributed by atoms with Gasteiger partial charge in [0.15, 0.2) is 29.1 Å². The molecule has 1 aromatic rings. The SMILES string of the molecule is O=C1Cc2c(F)c(F)c(F)c(F)c2C1C(F)(F)F. The van der Waals surface area contributed by atoms with Crippen LogP contribution in [0.2, 0.25) is 0 Å². The molecule has 98 valence electrons. The summed E-state index contributed by atoms with van der Waals surface area (Å²) in [4.78, 5) is 11.1. The number of carbonyl (C=O) groups excluding carboxylic acids is 1. The lowest BCUT2D eigenvalue weighted by atomic mass is 9.99. The number of rotatable bonds is 0. The number of alkyl halides is 3. The van der Waals surface area contributed by atoms with Gasteiger partial charge in [0.25, 0.3) is 0 Å². The van der Waals surface area contributed by atoms with Gasteiger partial charge in [0.1, 0.15) is 5.92 Å². The van der Waals surface area contributed by atoms with E-state index in [1.54, 1.807) is 0 Å². The molecule has 1 nitrogen and oxygen atoms in total. The van der Waals surface area contributed by atoms with Crippen LogP contribution < -0.4 is 0 Å². The van der Waals surface area contributed by atoms with E-state index in [-0.39, 0.29) is 0 Å². The lowest BCUT2D eigenvalue weighted by Gasteiger charge is -2.15. The average molecular weight is 272 g/mol. The van der Waals surface area contributed by atoms with Crippen molar-refractivity contribution in [2.45, 2.75) is 18.5 Å². The molecule has 0 saturated heterocycles. The minimum absolute atomic E-state index is 1.07. The van der Waals surface area contributed by atoms with E-state index < -0.39 is 58.7 Å². The summed E-state index contributed by atoms with van der Waals surface area (Å²) < 4.78 is 89.6. The van der Waals surface area contributed by atoms with Gasteiger partial charge >= 0.3 is 6.18 Å². The third-order valence-electron chi connectivity index (χ3n) is 2.69. The monoisotopic (exact) mass is 272 g/mol. The first-order chi connectivity index (χ1) is 8.16. The number of carbonyl (C=O) groups is 1. The fraction of sp³-hybridized carbons (Fsp3) is 0.300. The Morgan fingerprint density at radius 3 is 1.89 bits per heavy atom. The second-order valence-electron chi connectivity index (χ2n) is 3.77. The predicted octanol–water partition coefficient (Wildman–Crippen LogP) is 3.01. The van der Waals surface area contributed by atoms with E-state index in [1.165, 1.54) is 0 Å². The van der Waals surface area contributed by atoms with E-state index in [0.717, 1.165) is 0 Å². The fourth-order valence-corrected chi connectivity index (χ4v) is 1.95. The lowest BCUT2D eigenvalue weighted by Crippen LogP contribution is -2.26. The zero-order valence-electron chi connectivity index (χ0n) is 8.34. The third-order valence-corrected chi connectivity index (χ3v) is 2.69. The van der Waals surface area contributed by atoms with Gasteiger partial charge in [-0.05, 0) is 0 Å². The van der Waals surface area contributed by atoms with E-state index in [0.29, 0.717) is 0 Å². The van der Waals surface area contributed by atoms with Gasteiger partial charge in [0.05, 0.1) is 0 Å². The smallest absolute Gasteiger partial charge is 0.298 e. The van der Waals surface area contributed by atoms with Crippen LogP contribution in [0.3, 0.4) is 0 Å². The zero-order chi connectivity index (χ0) is 13.8. The molecule has 1 aliphatic carbocycles. The number of benzene rings is 1. The molecule has 0 heterocycles. The van der Waals surface area contributed by atoms with Crippen molar-refractivity contribution in [3.63, 3.8) is 0 Å². The molecule has 1 atom stereocenters. The second-order valence-corrected chi connectivity index (χ2v) is 3.77.